The van der Waals surface area contributed by atoms with Crippen molar-refractivity contribution in [3.63, 3.8) is 0 Å². The average Bonchev–Trinajstić information content (AvgIpc) is 3.29. The summed E-state index contributed by atoms with van der Waals surface area (Å²) in [6.45, 7) is -4.43. The van der Waals surface area contributed by atoms with E-state index < -0.39 is 206 Å². The first-order valence-electron chi connectivity index (χ1n) is 21.3. The largest absolute Gasteiger partial charge is 0.396 e. The Morgan fingerprint density at radius 2 is 0.723 bits per heavy atom. The van der Waals surface area contributed by atoms with E-state index in [1.165, 1.54) is 0 Å². The van der Waals surface area contributed by atoms with Gasteiger partial charge in [-0.2, -0.15) is 0 Å². The summed E-state index contributed by atoms with van der Waals surface area (Å²) < 4.78 is 61.9. The van der Waals surface area contributed by atoms with Gasteiger partial charge in [-0.3, -0.25) is 0 Å². The molecule has 0 amide bonds. The molecule has 6 fully saturated rings. The molecule has 17 N–H and O–H groups in total. The van der Waals surface area contributed by atoms with Crippen molar-refractivity contribution in [1.29, 1.82) is 0 Å². The molecule has 0 aromatic carbocycles. The molecule has 0 saturated carbocycles. The maximum atomic E-state index is 11.2. The summed E-state index contributed by atoms with van der Waals surface area (Å²) in [7, 11) is 0. The van der Waals surface area contributed by atoms with Crippen LogP contribution in [-0.4, -0.2) is 292 Å². The Morgan fingerprint density at radius 1 is 0.354 bits per heavy atom. The maximum absolute atomic E-state index is 11.2. The summed E-state index contributed by atoms with van der Waals surface area (Å²) in [6, 6.07) is 0. The van der Waals surface area contributed by atoms with E-state index in [4.69, 9.17) is 52.1 Å². The van der Waals surface area contributed by atoms with E-state index in [-0.39, 0.29) is 19.3 Å². The second kappa shape index (κ2) is 23.7. The van der Waals surface area contributed by atoms with E-state index in [1.807, 2.05) is 0 Å². The van der Waals surface area contributed by atoms with Crippen LogP contribution in [0.3, 0.4) is 0 Å². The lowest BCUT2D eigenvalue weighted by atomic mass is 9.95. The van der Waals surface area contributed by atoms with Crippen molar-refractivity contribution >= 4 is 0 Å². The van der Waals surface area contributed by atoms with Crippen molar-refractivity contribution in [3.8, 4) is 0 Å². The van der Waals surface area contributed by atoms with Crippen molar-refractivity contribution in [2.45, 2.75) is 192 Å². The van der Waals surface area contributed by atoms with Gasteiger partial charge in [0.15, 0.2) is 37.7 Å². The lowest BCUT2D eigenvalue weighted by Crippen LogP contribution is -2.68. The van der Waals surface area contributed by atoms with Crippen LogP contribution in [0.15, 0.2) is 0 Å². The molecule has 0 aromatic heterocycles. The fraction of sp³-hybridized carbons (Fsp3) is 1.00. The molecule has 27 atom stereocenters. The molecule has 6 aliphatic rings. The zero-order valence-corrected chi connectivity index (χ0v) is 34.8. The summed E-state index contributed by atoms with van der Waals surface area (Å²) in [5.41, 5.74) is 0. The van der Waals surface area contributed by atoms with Crippen molar-refractivity contribution in [3.05, 3.63) is 0 Å². The van der Waals surface area contributed by atoms with Gasteiger partial charge in [-0.15, -0.1) is 0 Å². The fourth-order valence-electron chi connectivity index (χ4n) is 8.61. The molecular weight excluding hydrogens is 892 g/mol. The number of rotatable bonds is 17. The van der Waals surface area contributed by atoms with Gasteiger partial charge in [-0.1, -0.05) is 0 Å². The topological polar surface area (TPSA) is 445 Å². The SMILES string of the molecule is OCC[C@H]1O[C@H](O)[C@@H](O)C[C@@H]1O[C@H]1O[C@H](CO)[C@@H](O[C@H]2O[C@H](CO)[C@@H](O[C@H]3O[C@H](CO)[C@@H](O[C@H]4O[C@H](CO)[C@@H](O[C@H]5O[C@H](CO)CC[C@@H]5O)[C@@H](O)[C@@H]4O)[C@@H](O)[C@@H]3O)[C@@H](O)[C@@H]2O)[C@@H](O)[C@@H]1O. The molecule has 28 heteroatoms. The quantitative estimate of drug-likeness (QED) is 0.0644. The zero-order valence-electron chi connectivity index (χ0n) is 34.8. The van der Waals surface area contributed by atoms with Gasteiger partial charge < -0.3 is 139 Å². The third kappa shape index (κ3) is 11.7. The monoisotopic (exact) mass is 956 g/mol. The predicted molar refractivity (Wildman–Crippen MR) is 200 cm³/mol. The van der Waals surface area contributed by atoms with Gasteiger partial charge >= 0.3 is 0 Å². The molecule has 0 aromatic rings. The van der Waals surface area contributed by atoms with Gasteiger partial charge in [0.1, 0.15) is 110 Å². The fourth-order valence-corrected chi connectivity index (χ4v) is 8.61. The first kappa shape index (κ1) is 53.2. The standard InChI is InChI=1S/C37H64O28/c38-4-3-14-15(5-13(45)32(54)56-14)57-34-24(50)20(46)29(17(8-41)58-34)63-36-26(52)22(48)31(19(10-43)60-36)65-37-27(53)23(49)30(18(9-42)61-37)64-35-25(51)21(47)28(16(7-40)59-35)62-33-12(44)2-1-11(6-39)55-33/h11-54H,1-10H2/t11-,12-,13-,14+,15-,16+,17+,18+,19+,20-,21-,22-,23-,24-,25-,26-,27-,28+,29+,30+,31+,32-,33+,34-,35+,36+,37+/m0/s1. The highest BCUT2D eigenvalue weighted by molar-refractivity contribution is 4.99. The van der Waals surface area contributed by atoms with Crippen LogP contribution in [0, 0.1) is 0 Å². The summed E-state index contributed by atoms with van der Waals surface area (Å²) in [5, 5.41) is 179. The third-order valence-corrected chi connectivity index (χ3v) is 12.3. The number of hydrogen-bond acceptors (Lipinski definition) is 28. The van der Waals surface area contributed by atoms with Crippen LogP contribution < -0.4 is 0 Å². The van der Waals surface area contributed by atoms with E-state index in [9.17, 15) is 86.8 Å². The molecule has 380 valence electrons. The van der Waals surface area contributed by atoms with Gasteiger partial charge in [0, 0.05) is 13.0 Å². The Kier molecular flexibility index (Phi) is 19.4. The zero-order chi connectivity index (χ0) is 47.4. The molecule has 6 aliphatic heterocycles. The molecule has 6 rings (SSSR count). The van der Waals surface area contributed by atoms with Crippen molar-refractivity contribution in [1.82, 2.24) is 0 Å². The average molecular weight is 957 g/mol. The Morgan fingerprint density at radius 3 is 1.08 bits per heavy atom. The molecule has 0 aliphatic carbocycles. The van der Waals surface area contributed by atoms with Gasteiger partial charge in [0.05, 0.1) is 51.3 Å². The highest BCUT2D eigenvalue weighted by atomic mass is 16.8. The second-order valence-corrected chi connectivity index (χ2v) is 16.7. The predicted octanol–water partition coefficient (Wildman–Crippen LogP) is -10.6. The van der Waals surface area contributed by atoms with Crippen molar-refractivity contribution in [2.24, 2.45) is 0 Å². The maximum Gasteiger partial charge on any atom is 0.187 e. The molecular formula is C37H64O28. The summed E-state index contributed by atoms with van der Waals surface area (Å²) in [4.78, 5) is 0. The van der Waals surface area contributed by atoms with E-state index in [0.29, 0.717) is 6.42 Å². The Labute approximate surface area is 370 Å². The van der Waals surface area contributed by atoms with Crippen LogP contribution >= 0.6 is 0 Å². The van der Waals surface area contributed by atoms with Crippen LogP contribution in [0.1, 0.15) is 25.7 Å². The molecule has 0 spiro atoms. The molecule has 6 heterocycles. The molecule has 0 unspecified atom stereocenters. The molecule has 0 bridgehead atoms. The highest BCUT2D eigenvalue weighted by Gasteiger charge is 2.56. The number of ether oxygens (including phenoxy) is 11. The number of aliphatic hydroxyl groups excluding tert-OH is 17. The molecule has 0 radical (unpaired) electrons. The van der Waals surface area contributed by atoms with Crippen molar-refractivity contribution < 1.29 is 139 Å². The van der Waals surface area contributed by atoms with Gasteiger partial charge in [-0.05, 0) is 19.3 Å². The Hall–Kier alpha value is -1.12. The van der Waals surface area contributed by atoms with E-state index in [1.54, 1.807) is 0 Å². The Balaban J connectivity index is 1.06. The lowest BCUT2D eigenvalue weighted by Gasteiger charge is -2.49. The van der Waals surface area contributed by atoms with E-state index in [2.05, 4.69) is 0 Å². The van der Waals surface area contributed by atoms with E-state index >= 15 is 0 Å². The summed E-state index contributed by atoms with van der Waals surface area (Å²) in [6.07, 6.45) is -44.6. The van der Waals surface area contributed by atoms with Crippen LogP contribution in [0.2, 0.25) is 0 Å². The van der Waals surface area contributed by atoms with Crippen LogP contribution in [0.5, 0.6) is 0 Å². The third-order valence-electron chi connectivity index (χ3n) is 12.3. The lowest BCUT2D eigenvalue weighted by molar-refractivity contribution is -0.393. The van der Waals surface area contributed by atoms with Gasteiger partial charge in [0.2, 0.25) is 0 Å². The first-order valence-corrected chi connectivity index (χ1v) is 21.3. The molecule has 65 heavy (non-hydrogen) atoms. The highest BCUT2D eigenvalue weighted by Crippen LogP contribution is 2.36. The minimum Gasteiger partial charge on any atom is -0.396 e. The summed E-state index contributed by atoms with van der Waals surface area (Å²) in [5.74, 6) is 0. The van der Waals surface area contributed by atoms with Gasteiger partial charge in [-0.25, -0.2) is 0 Å². The molecule has 6 saturated heterocycles. The number of hydrogen-bond donors (Lipinski definition) is 17. The summed E-state index contributed by atoms with van der Waals surface area (Å²) >= 11 is 0. The van der Waals surface area contributed by atoms with Crippen LogP contribution in [-0.2, 0) is 52.1 Å². The van der Waals surface area contributed by atoms with E-state index in [0.717, 1.165) is 0 Å². The Bertz CT molecular complexity index is 1420. The van der Waals surface area contributed by atoms with Crippen molar-refractivity contribution in [2.75, 3.05) is 39.6 Å². The smallest absolute Gasteiger partial charge is 0.187 e. The van der Waals surface area contributed by atoms with Crippen LogP contribution in [0.25, 0.3) is 0 Å². The van der Waals surface area contributed by atoms with Crippen LogP contribution in [0.4, 0.5) is 0 Å². The second-order valence-electron chi connectivity index (χ2n) is 16.7. The molecule has 28 nitrogen and oxygen atoms in total. The first-order chi connectivity index (χ1) is 31.0. The number of aliphatic hydroxyl groups is 17. The minimum atomic E-state index is -2.11. The normalized spacial score (nSPS) is 51.2. The van der Waals surface area contributed by atoms with Gasteiger partial charge in [0.25, 0.3) is 0 Å². The minimum absolute atomic E-state index is 0.0512.